The first-order chi connectivity index (χ1) is 10.1. The molecule has 0 N–H and O–H groups in total. The normalized spacial score (nSPS) is 11.7. The maximum absolute atomic E-state index is 11.5. The first-order valence-electron chi connectivity index (χ1n) is 6.53. The van der Waals surface area contributed by atoms with E-state index in [9.17, 15) is 4.79 Å². The first kappa shape index (κ1) is 17.6. The molecular formula is C17H19ClO2S. The second-order valence-corrected chi connectivity index (χ2v) is 5.72. The summed E-state index contributed by atoms with van der Waals surface area (Å²) < 4.78 is 4.72. The molecule has 0 atom stereocenters. The molecule has 4 heteroatoms. The quantitative estimate of drug-likeness (QED) is 0.408. The fraction of sp³-hybridized carbons (Fsp3) is 0.235. The van der Waals surface area contributed by atoms with Crippen molar-refractivity contribution in [1.29, 1.82) is 0 Å². The molecule has 1 aromatic rings. The van der Waals surface area contributed by atoms with Gasteiger partial charge in [-0.2, -0.15) is 0 Å². The maximum Gasteiger partial charge on any atom is 0.310 e. The third-order valence-electron chi connectivity index (χ3n) is 2.69. The second-order valence-electron chi connectivity index (χ2n) is 4.27. The van der Waals surface area contributed by atoms with Crippen molar-refractivity contribution >= 4 is 29.3 Å². The van der Waals surface area contributed by atoms with Crippen LogP contribution in [0.5, 0.6) is 0 Å². The number of carbonyl (C=O) groups is 1. The summed E-state index contributed by atoms with van der Waals surface area (Å²) >= 11 is 7.67. The van der Waals surface area contributed by atoms with Gasteiger partial charge in [-0.1, -0.05) is 42.5 Å². The second kappa shape index (κ2) is 9.48. The molecular weight excluding hydrogens is 304 g/mol. The number of halogens is 1. The summed E-state index contributed by atoms with van der Waals surface area (Å²) in [7, 11) is 1.39. The number of ether oxygens (including phenoxy) is 1. The Labute approximate surface area is 135 Å². The van der Waals surface area contributed by atoms with Gasteiger partial charge in [0.25, 0.3) is 0 Å². The number of thioether (sulfide) groups is 1. The molecule has 0 fully saturated rings. The summed E-state index contributed by atoms with van der Waals surface area (Å²) in [6.07, 6.45) is 8.01. The molecule has 1 aromatic carbocycles. The molecule has 112 valence electrons. The monoisotopic (exact) mass is 322 g/mol. The molecule has 21 heavy (non-hydrogen) atoms. The van der Waals surface area contributed by atoms with E-state index in [1.807, 2.05) is 43.4 Å². The van der Waals surface area contributed by atoms with Crippen LogP contribution in [-0.4, -0.2) is 18.8 Å². The molecule has 0 spiro atoms. The van der Waals surface area contributed by atoms with Gasteiger partial charge in [-0.25, -0.2) is 0 Å². The van der Waals surface area contributed by atoms with Gasteiger partial charge in [-0.05, 0) is 36.3 Å². The van der Waals surface area contributed by atoms with Crippen LogP contribution in [0.4, 0.5) is 0 Å². The maximum atomic E-state index is 11.5. The van der Waals surface area contributed by atoms with Crippen molar-refractivity contribution in [3.63, 3.8) is 0 Å². The van der Waals surface area contributed by atoms with Gasteiger partial charge in [-0.3, -0.25) is 4.79 Å². The van der Waals surface area contributed by atoms with Crippen LogP contribution >= 0.6 is 23.4 Å². The summed E-state index contributed by atoms with van der Waals surface area (Å²) in [6.45, 7) is 5.70. The minimum absolute atomic E-state index is 0.226. The standard InChI is InChI=1S/C17H19ClO2S/c1-4-6-13(7-5-2)12-21-16-9-8-15(18)10-14(16)11-17(19)20-3/h4-10H,1,11-12H2,2-3H3/b7-5-,13-6+. The van der Waals surface area contributed by atoms with Crippen molar-refractivity contribution in [1.82, 2.24) is 0 Å². The molecule has 0 radical (unpaired) electrons. The van der Waals surface area contributed by atoms with E-state index >= 15 is 0 Å². The fourth-order valence-electron chi connectivity index (χ4n) is 1.73. The first-order valence-corrected chi connectivity index (χ1v) is 7.89. The lowest BCUT2D eigenvalue weighted by Gasteiger charge is -2.09. The molecule has 0 saturated heterocycles. The minimum Gasteiger partial charge on any atom is -0.469 e. The molecule has 0 aliphatic rings. The highest BCUT2D eigenvalue weighted by Crippen LogP contribution is 2.28. The Morgan fingerprint density at radius 1 is 1.48 bits per heavy atom. The van der Waals surface area contributed by atoms with Crippen molar-refractivity contribution in [2.45, 2.75) is 18.2 Å². The van der Waals surface area contributed by atoms with E-state index in [1.54, 1.807) is 17.8 Å². The lowest BCUT2D eigenvalue weighted by Crippen LogP contribution is -2.05. The number of carbonyl (C=O) groups excluding carboxylic acids is 1. The summed E-state index contributed by atoms with van der Waals surface area (Å²) in [5.74, 6) is 0.529. The van der Waals surface area contributed by atoms with Gasteiger partial charge in [0.05, 0.1) is 13.5 Å². The predicted octanol–water partition coefficient (Wildman–Crippen LogP) is 4.84. The summed E-state index contributed by atoms with van der Waals surface area (Å²) in [6, 6.07) is 5.58. The van der Waals surface area contributed by atoms with Crippen LogP contribution in [-0.2, 0) is 16.0 Å². The Bertz CT molecular complexity index is 562. The van der Waals surface area contributed by atoms with E-state index in [0.717, 1.165) is 21.8 Å². The minimum atomic E-state index is -0.269. The van der Waals surface area contributed by atoms with Crippen molar-refractivity contribution in [3.8, 4) is 0 Å². The number of benzene rings is 1. The van der Waals surface area contributed by atoms with Gasteiger partial charge in [0.1, 0.15) is 0 Å². The lowest BCUT2D eigenvalue weighted by atomic mass is 10.1. The van der Waals surface area contributed by atoms with Crippen LogP contribution in [0, 0.1) is 0 Å². The molecule has 0 aliphatic heterocycles. The number of hydrogen-bond acceptors (Lipinski definition) is 3. The van der Waals surface area contributed by atoms with Crippen molar-refractivity contribution in [3.05, 3.63) is 65.2 Å². The highest BCUT2D eigenvalue weighted by atomic mass is 35.5. The van der Waals surface area contributed by atoms with Crippen LogP contribution < -0.4 is 0 Å². The van der Waals surface area contributed by atoms with Crippen LogP contribution in [0.15, 0.2) is 59.6 Å². The Hall–Kier alpha value is -1.45. The highest BCUT2D eigenvalue weighted by Gasteiger charge is 2.10. The molecule has 2 nitrogen and oxygen atoms in total. The third-order valence-corrected chi connectivity index (χ3v) is 4.11. The largest absolute Gasteiger partial charge is 0.469 e. The van der Waals surface area contributed by atoms with Gasteiger partial charge < -0.3 is 4.74 Å². The van der Waals surface area contributed by atoms with Crippen LogP contribution in [0.3, 0.4) is 0 Å². The molecule has 0 aliphatic carbocycles. The van der Waals surface area contributed by atoms with Gasteiger partial charge >= 0.3 is 5.97 Å². The summed E-state index contributed by atoms with van der Waals surface area (Å²) in [5.41, 5.74) is 2.05. The van der Waals surface area contributed by atoms with E-state index in [4.69, 9.17) is 16.3 Å². The zero-order chi connectivity index (χ0) is 15.7. The Morgan fingerprint density at radius 3 is 2.86 bits per heavy atom. The predicted molar refractivity (Wildman–Crippen MR) is 91.0 cm³/mol. The SMILES string of the molecule is C=C/C=C(\C=C/C)CSc1ccc(Cl)cc1CC(=O)OC. The molecule has 0 amide bonds. The number of hydrogen-bond donors (Lipinski definition) is 0. The van der Waals surface area contributed by atoms with Crippen LogP contribution in [0.1, 0.15) is 12.5 Å². The Kier molecular flexibility index (Phi) is 7.95. The van der Waals surface area contributed by atoms with E-state index < -0.39 is 0 Å². The zero-order valence-electron chi connectivity index (χ0n) is 12.3. The Morgan fingerprint density at radius 2 is 2.24 bits per heavy atom. The molecule has 1 rings (SSSR count). The van der Waals surface area contributed by atoms with Gasteiger partial charge in [0.15, 0.2) is 0 Å². The lowest BCUT2D eigenvalue weighted by molar-refractivity contribution is -0.139. The Balaban J connectivity index is 2.89. The average Bonchev–Trinajstić information content (AvgIpc) is 2.46. The van der Waals surface area contributed by atoms with Crippen molar-refractivity contribution < 1.29 is 9.53 Å². The van der Waals surface area contributed by atoms with Crippen LogP contribution in [0.2, 0.25) is 5.02 Å². The molecule has 0 saturated carbocycles. The summed E-state index contributed by atoms with van der Waals surface area (Å²) in [4.78, 5) is 12.5. The summed E-state index contributed by atoms with van der Waals surface area (Å²) in [5, 5.41) is 0.619. The fourth-order valence-corrected chi connectivity index (χ4v) is 2.92. The number of methoxy groups -OCH3 is 1. The highest BCUT2D eigenvalue weighted by molar-refractivity contribution is 7.99. The van der Waals surface area contributed by atoms with Crippen LogP contribution in [0.25, 0.3) is 0 Å². The topological polar surface area (TPSA) is 26.3 Å². The third kappa shape index (κ3) is 6.23. The number of esters is 1. The molecule has 0 heterocycles. The van der Waals surface area contributed by atoms with E-state index in [-0.39, 0.29) is 12.4 Å². The molecule has 0 aromatic heterocycles. The van der Waals surface area contributed by atoms with E-state index in [2.05, 4.69) is 6.58 Å². The van der Waals surface area contributed by atoms with Gasteiger partial charge in [0.2, 0.25) is 0 Å². The van der Waals surface area contributed by atoms with Crippen molar-refractivity contribution in [2.24, 2.45) is 0 Å². The number of rotatable bonds is 7. The smallest absolute Gasteiger partial charge is 0.310 e. The number of allylic oxidation sites excluding steroid dienone is 4. The van der Waals surface area contributed by atoms with E-state index in [1.165, 1.54) is 7.11 Å². The van der Waals surface area contributed by atoms with E-state index in [0.29, 0.717) is 5.02 Å². The molecule has 0 unspecified atom stereocenters. The average molecular weight is 323 g/mol. The zero-order valence-corrected chi connectivity index (χ0v) is 13.8. The van der Waals surface area contributed by atoms with Crippen molar-refractivity contribution in [2.75, 3.05) is 12.9 Å². The van der Waals surface area contributed by atoms with Gasteiger partial charge in [0, 0.05) is 15.7 Å². The van der Waals surface area contributed by atoms with Gasteiger partial charge in [-0.15, -0.1) is 11.8 Å². The molecule has 0 bridgehead atoms.